The molecule has 7 heteroatoms. The molecule has 28 heavy (non-hydrogen) atoms. The number of ether oxygens (including phenoxy) is 2. The molecule has 0 spiro atoms. The molecule has 0 aromatic carbocycles. The second-order valence-corrected chi connectivity index (χ2v) is 7.85. The van der Waals surface area contributed by atoms with Gasteiger partial charge in [-0.15, -0.1) is 0 Å². The SMILES string of the molecule is CC.COc1cn2ncc(C)c2cc1C1(F)CCN(C(=O)OC(C)(C)C)CC1. The maximum atomic E-state index is 15.8. The number of alkyl halides is 1. The number of hydrogen-bond donors (Lipinski definition) is 0. The topological polar surface area (TPSA) is 56.1 Å². The second-order valence-electron chi connectivity index (χ2n) is 7.85. The minimum Gasteiger partial charge on any atom is -0.495 e. The van der Waals surface area contributed by atoms with Crippen molar-refractivity contribution < 1.29 is 18.7 Å². The van der Waals surface area contributed by atoms with E-state index in [4.69, 9.17) is 9.47 Å². The lowest BCUT2D eigenvalue weighted by atomic mass is 9.86. The average molecular weight is 394 g/mol. The van der Waals surface area contributed by atoms with E-state index in [1.165, 1.54) is 7.11 Å². The van der Waals surface area contributed by atoms with Crippen LogP contribution in [0.3, 0.4) is 0 Å². The molecule has 0 aliphatic carbocycles. The number of likely N-dealkylation sites (tertiary alicyclic amines) is 1. The van der Waals surface area contributed by atoms with Gasteiger partial charge in [-0.2, -0.15) is 5.10 Å². The van der Waals surface area contributed by atoms with Crippen LogP contribution >= 0.6 is 0 Å². The van der Waals surface area contributed by atoms with Gasteiger partial charge in [0.25, 0.3) is 0 Å². The Morgan fingerprint density at radius 2 is 1.86 bits per heavy atom. The molecule has 3 rings (SSSR count). The number of fused-ring (bicyclic) bond motifs is 1. The molecule has 0 saturated carbocycles. The molecule has 1 aliphatic rings. The zero-order valence-electron chi connectivity index (χ0n) is 18.0. The van der Waals surface area contributed by atoms with Gasteiger partial charge >= 0.3 is 6.09 Å². The first kappa shape index (κ1) is 22.0. The van der Waals surface area contributed by atoms with Crippen LogP contribution in [0.25, 0.3) is 5.52 Å². The number of aryl methyl sites for hydroxylation is 1. The zero-order valence-corrected chi connectivity index (χ0v) is 18.0. The highest BCUT2D eigenvalue weighted by atomic mass is 19.1. The number of methoxy groups -OCH3 is 1. The van der Waals surface area contributed by atoms with Crippen molar-refractivity contribution in [2.75, 3.05) is 20.2 Å². The summed E-state index contributed by atoms with van der Waals surface area (Å²) in [6.07, 6.45) is 3.46. The summed E-state index contributed by atoms with van der Waals surface area (Å²) in [5, 5.41) is 4.25. The summed E-state index contributed by atoms with van der Waals surface area (Å²) >= 11 is 0. The highest BCUT2D eigenvalue weighted by Crippen LogP contribution is 2.42. The van der Waals surface area contributed by atoms with E-state index in [1.54, 1.807) is 21.8 Å². The van der Waals surface area contributed by atoms with Crippen molar-refractivity contribution in [3.05, 3.63) is 29.6 Å². The van der Waals surface area contributed by atoms with E-state index in [-0.39, 0.29) is 12.8 Å². The number of rotatable bonds is 2. The minimum atomic E-state index is -1.55. The van der Waals surface area contributed by atoms with Crippen LogP contribution in [0.5, 0.6) is 5.75 Å². The predicted octanol–water partition coefficient (Wildman–Crippen LogP) is 4.87. The van der Waals surface area contributed by atoms with Crippen molar-refractivity contribution in [1.29, 1.82) is 0 Å². The lowest BCUT2D eigenvalue weighted by Gasteiger charge is -2.37. The molecule has 0 N–H and O–H groups in total. The van der Waals surface area contributed by atoms with Crippen molar-refractivity contribution in [1.82, 2.24) is 14.5 Å². The van der Waals surface area contributed by atoms with Crippen molar-refractivity contribution in [2.45, 2.75) is 65.7 Å². The van der Waals surface area contributed by atoms with E-state index in [0.29, 0.717) is 24.4 Å². The van der Waals surface area contributed by atoms with Gasteiger partial charge in [-0.1, -0.05) is 13.8 Å². The Bertz CT molecular complexity index is 818. The van der Waals surface area contributed by atoms with Crippen molar-refractivity contribution in [3.8, 4) is 5.75 Å². The first-order chi connectivity index (χ1) is 13.1. The lowest BCUT2D eigenvalue weighted by molar-refractivity contribution is 0.00178. The number of piperidine rings is 1. The molecule has 0 atom stereocenters. The second kappa shape index (κ2) is 8.37. The van der Waals surface area contributed by atoms with Crippen LogP contribution in [-0.2, 0) is 10.4 Å². The molecular weight excluding hydrogens is 361 g/mol. The predicted molar refractivity (Wildman–Crippen MR) is 108 cm³/mol. The molecule has 156 valence electrons. The van der Waals surface area contributed by atoms with E-state index in [2.05, 4.69) is 5.10 Å². The Labute approximate surface area is 166 Å². The van der Waals surface area contributed by atoms with Crippen LogP contribution in [-0.4, -0.2) is 46.4 Å². The Morgan fingerprint density at radius 3 is 2.39 bits per heavy atom. The molecule has 2 aromatic heterocycles. The molecule has 0 radical (unpaired) electrons. The van der Waals surface area contributed by atoms with Gasteiger partial charge in [0.2, 0.25) is 0 Å². The normalized spacial score (nSPS) is 16.4. The molecule has 1 saturated heterocycles. The summed E-state index contributed by atoms with van der Waals surface area (Å²) in [6.45, 7) is 12.0. The summed E-state index contributed by atoms with van der Waals surface area (Å²) in [6, 6.07) is 1.81. The van der Waals surface area contributed by atoms with E-state index in [0.717, 1.165) is 11.1 Å². The van der Waals surface area contributed by atoms with Crippen molar-refractivity contribution >= 4 is 11.6 Å². The largest absolute Gasteiger partial charge is 0.495 e. The smallest absolute Gasteiger partial charge is 0.410 e. The molecule has 1 aliphatic heterocycles. The quantitative estimate of drug-likeness (QED) is 0.730. The monoisotopic (exact) mass is 393 g/mol. The van der Waals surface area contributed by atoms with Gasteiger partial charge in [0.1, 0.15) is 17.0 Å². The van der Waals surface area contributed by atoms with Gasteiger partial charge in [0.05, 0.1) is 25.0 Å². The van der Waals surface area contributed by atoms with Gasteiger partial charge < -0.3 is 14.4 Å². The lowest BCUT2D eigenvalue weighted by Crippen LogP contribution is -2.45. The third-order valence-corrected chi connectivity index (χ3v) is 4.72. The van der Waals surface area contributed by atoms with Gasteiger partial charge in [-0.3, -0.25) is 0 Å². The fourth-order valence-corrected chi connectivity index (χ4v) is 3.28. The Hall–Kier alpha value is -2.31. The maximum Gasteiger partial charge on any atom is 0.410 e. The van der Waals surface area contributed by atoms with E-state index in [1.807, 2.05) is 47.6 Å². The van der Waals surface area contributed by atoms with Gasteiger partial charge in [0, 0.05) is 31.5 Å². The van der Waals surface area contributed by atoms with Crippen LogP contribution < -0.4 is 4.74 Å². The third-order valence-electron chi connectivity index (χ3n) is 4.72. The van der Waals surface area contributed by atoms with Gasteiger partial charge in [0.15, 0.2) is 0 Å². The number of halogens is 1. The fourth-order valence-electron chi connectivity index (χ4n) is 3.28. The summed E-state index contributed by atoms with van der Waals surface area (Å²) in [4.78, 5) is 13.8. The summed E-state index contributed by atoms with van der Waals surface area (Å²) < 4.78 is 28.3. The fraction of sp³-hybridized carbons (Fsp3) is 0.619. The Kier molecular flexibility index (Phi) is 6.57. The Balaban J connectivity index is 0.00000136. The minimum absolute atomic E-state index is 0.200. The van der Waals surface area contributed by atoms with E-state index < -0.39 is 17.4 Å². The highest BCUT2D eigenvalue weighted by Gasteiger charge is 2.41. The molecule has 6 nitrogen and oxygen atoms in total. The molecule has 0 unspecified atom stereocenters. The van der Waals surface area contributed by atoms with E-state index >= 15 is 4.39 Å². The molecule has 1 fully saturated rings. The number of carbonyl (C=O) groups is 1. The standard InChI is InChI=1S/C19H26FN3O3.C2H6/c1-13-11-21-23-12-16(25-5)14(10-15(13)23)19(20)6-8-22(9-7-19)17(24)26-18(2,3)4;1-2/h10-12H,6-9H2,1-5H3;1-2H3. The molecule has 0 bridgehead atoms. The molecule has 1 amide bonds. The number of carbonyl (C=O) groups excluding carboxylic acids is 1. The van der Waals surface area contributed by atoms with Gasteiger partial charge in [-0.05, 0) is 39.3 Å². The number of nitrogens with zero attached hydrogens (tertiary/aromatic N) is 3. The van der Waals surface area contributed by atoms with Crippen LogP contribution in [0.1, 0.15) is 58.6 Å². The third kappa shape index (κ3) is 4.56. The van der Waals surface area contributed by atoms with Crippen molar-refractivity contribution in [2.24, 2.45) is 0 Å². The number of pyridine rings is 1. The maximum absolute atomic E-state index is 15.8. The van der Waals surface area contributed by atoms with Crippen LogP contribution in [0, 0.1) is 6.92 Å². The van der Waals surface area contributed by atoms with Crippen LogP contribution in [0.4, 0.5) is 9.18 Å². The van der Waals surface area contributed by atoms with Crippen LogP contribution in [0.2, 0.25) is 0 Å². The average Bonchev–Trinajstić information content (AvgIpc) is 3.01. The summed E-state index contributed by atoms with van der Waals surface area (Å²) in [5.74, 6) is 0.466. The summed E-state index contributed by atoms with van der Waals surface area (Å²) in [5.41, 5.74) is 0.230. The van der Waals surface area contributed by atoms with Crippen molar-refractivity contribution in [3.63, 3.8) is 0 Å². The van der Waals surface area contributed by atoms with E-state index in [9.17, 15) is 4.79 Å². The molecule has 3 heterocycles. The highest BCUT2D eigenvalue weighted by molar-refractivity contribution is 5.68. The Morgan fingerprint density at radius 1 is 1.25 bits per heavy atom. The number of amides is 1. The number of aromatic nitrogens is 2. The first-order valence-corrected chi connectivity index (χ1v) is 9.82. The number of hydrogen-bond acceptors (Lipinski definition) is 4. The molecular formula is C21H32FN3O3. The zero-order chi connectivity index (χ0) is 21.1. The summed E-state index contributed by atoms with van der Waals surface area (Å²) in [7, 11) is 1.53. The van der Waals surface area contributed by atoms with Gasteiger partial charge in [-0.25, -0.2) is 13.7 Å². The van der Waals surface area contributed by atoms with Crippen LogP contribution in [0.15, 0.2) is 18.5 Å². The first-order valence-electron chi connectivity index (χ1n) is 9.82. The molecule has 2 aromatic rings.